The van der Waals surface area contributed by atoms with Gasteiger partial charge in [0.1, 0.15) is 0 Å². The molecule has 0 unspecified atom stereocenters. The Morgan fingerprint density at radius 2 is 0.415 bits per heavy atom. The van der Waals surface area contributed by atoms with Gasteiger partial charge in [-0.15, -0.1) is 33.4 Å². The standard InChI is InChI=1S/C61H38N3.Ir/c1-5-19-42(20-6-1)58-46-27-13-30-49(39-46)59(43-21-7-2-8-22-43)52-33-16-35-54(62-52)60(44-23-9-3-10-24-44,50-31-14-28-47(58)40-50)56-37-18-38-57(64-56)61(45-25-11-4-12-26-45,51-32-15-29-48(58)41-51)55-36-17-34-53(59)63-55;/h1-38H;/q-3;+3. The van der Waals surface area contributed by atoms with Crippen LogP contribution < -0.4 is 0 Å². The van der Waals surface area contributed by atoms with Gasteiger partial charge in [0.25, 0.3) is 0 Å². The van der Waals surface area contributed by atoms with Gasteiger partial charge in [-0.1, -0.05) is 140 Å². The second-order valence-corrected chi connectivity index (χ2v) is 17.1. The molecule has 4 heteroatoms. The number of benzene rings is 7. The zero-order valence-corrected chi connectivity index (χ0v) is 37.5. The monoisotopic (exact) mass is 1010 g/mol. The Balaban J connectivity index is 0.00000444. The third-order valence-electron chi connectivity index (χ3n) is 14.2. The van der Waals surface area contributed by atoms with E-state index in [0.717, 1.165) is 89.8 Å². The summed E-state index contributed by atoms with van der Waals surface area (Å²) in [4.78, 5) is 18.0. The van der Waals surface area contributed by atoms with Gasteiger partial charge in [0.15, 0.2) is 0 Å². The smallest absolute Gasteiger partial charge is 0.255 e. The van der Waals surface area contributed by atoms with Gasteiger partial charge < -0.3 is 0 Å². The van der Waals surface area contributed by atoms with Crippen LogP contribution in [0.2, 0.25) is 0 Å². The van der Waals surface area contributed by atoms with Crippen LogP contribution in [-0.4, -0.2) is 15.0 Å². The predicted octanol–water partition coefficient (Wildman–Crippen LogP) is 11.7. The van der Waals surface area contributed by atoms with Gasteiger partial charge in [-0.2, -0.15) is 72.8 Å². The molecule has 0 aliphatic carbocycles. The van der Waals surface area contributed by atoms with Crippen LogP contribution in [0.25, 0.3) is 0 Å². The summed E-state index contributed by atoms with van der Waals surface area (Å²) in [6.07, 6.45) is 0. The van der Waals surface area contributed by atoms with Crippen LogP contribution in [0.3, 0.4) is 0 Å². The fourth-order valence-corrected chi connectivity index (χ4v) is 11.5. The Bertz CT molecular complexity index is 2740. The van der Waals surface area contributed by atoms with Crippen molar-refractivity contribution in [2.75, 3.05) is 0 Å². The van der Waals surface area contributed by atoms with Crippen LogP contribution in [0.15, 0.2) is 231 Å². The van der Waals surface area contributed by atoms with E-state index in [1.807, 2.05) is 0 Å². The van der Waals surface area contributed by atoms with Gasteiger partial charge in [-0.25, -0.2) is 0 Å². The second-order valence-electron chi connectivity index (χ2n) is 17.1. The fourth-order valence-electron chi connectivity index (χ4n) is 11.5. The molecule has 16 bridgehead atoms. The minimum atomic E-state index is -1.05. The SMILES string of the molecule is [Ir+3].[c-]1c2cccc1C1(c3ccccc3)c3cccc(n3)C3(c4ccccc4)c4[c-]c(ccc4)C2(c2ccccc2)c2[c-]c(ccc2)C(c2ccccc2)(c2cccc1n2)c1cccc3n1. The zero-order chi connectivity index (χ0) is 42.4. The molecule has 306 valence electrons. The van der Waals surface area contributed by atoms with Crippen LogP contribution in [0.1, 0.15) is 89.8 Å². The van der Waals surface area contributed by atoms with Crippen molar-refractivity contribution in [2.24, 2.45) is 0 Å². The predicted molar refractivity (Wildman–Crippen MR) is 250 cm³/mol. The summed E-state index contributed by atoms with van der Waals surface area (Å²) in [6.45, 7) is 0. The Kier molecular flexibility index (Phi) is 8.97. The Labute approximate surface area is 393 Å². The van der Waals surface area contributed by atoms with E-state index in [4.69, 9.17) is 15.0 Å². The summed E-state index contributed by atoms with van der Waals surface area (Å²) >= 11 is 0. The van der Waals surface area contributed by atoms with E-state index >= 15 is 0 Å². The van der Waals surface area contributed by atoms with Crippen LogP contribution in [0, 0.1) is 18.2 Å². The Morgan fingerprint density at radius 1 is 0.215 bits per heavy atom. The molecule has 10 aromatic rings. The molecule has 4 aliphatic heterocycles. The maximum Gasteiger partial charge on any atom is 3.00 e. The van der Waals surface area contributed by atoms with Crippen LogP contribution in [0.4, 0.5) is 0 Å². The first-order valence-corrected chi connectivity index (χ1v) is 21.9. The normalized spacial score (nSPS) is 21.7. The molecular weight excluding hydrogens is 967 g/mol. The zero-order valence-electron chi connectivity index (χ0n) is 35.1. The summed E-state index contributed by atoms with van der Waals surface area (Å²) in [7, 11) is 0. The molecule has 0 atom stereocenters. The quantitative estimate of drug-likeness (QED) is 0.165. The maximum atomic E-state index is 5.99. The summed E-state index contributed by atoms with van der Waals surface area (Å²) in [6, 6.07) is 95.4. The van der Waals surface area contributed by atoms with Crippen molar-refractivity contribution in [2.45, 2.75) is 21.7 Å². The molecule has 14 rings (SSSR count). The van der Waals surface area contributed by atoms with Gasteiger partial charge in [-0.3, -0.25) is 15.0 Å². The van der Waals surface area contributed by atoms with Gasteiger partial charge in [0.05, 0.1) is 50.4 Å². The van der Waals surface area contributed by atoms with E-state index < -0.39 is 21.7 Å². The molecule has 3 aromatic heterocycles. The Hall–Kier alpha value is -7.36. The number of pyridine rings is 3. The van der Waals surface area contributed by atoms with Crippen molar-refractivity contribution in [1.82, 2.24) is 15.0 Å². The Morgan fingerprint density at radius 3 is 0.662 bits per heavy atom. The molecule has 0 spiro atoms. The minimum absolute atomic E-state index is 0. The van der Waals surface area contributed by atoms with Gasteiger partial charge in [-0.05, 0) is 58.7 Å². The molecule has 4 aliphatic rings. The van der Waals surface area contributed by atoms with Crippen molar-refractivity contribution in [1.29, 1.82) is 0 Å². The van der Waals surface area contributed by atoms with Crippen molar-refractivity contribution in [3.63, 3.8) is 0 Å². The first-order valence-electron chi connectivity index (χ1n) is 21.9. The van der Waals surface area contributed by atoms with E-state index in [-0.39, 0.29) is 20.1 Å². The molecule has 0 amide bonds. The summed E-state index contributed by atoms with van der Waals surface area (Å²) in [5.41, 5.74) is 10.8. The number of rotatable bonds is 4. The van der Waals surface area contributed by atoms with E-state index in [2.05, 4.69) is 249 Å². The maximum absolute atomic E-state index is 5.99. The topological polar surface area (TPSA) is 38.7 Å². The average Bonchev–Trinajstić information content (AvgIpc) is 3.37. The molecule has 0 saturated heterocycles. The molecule has 65 heavy (non-hydrogen) atoms. The van der Waals surface area contributed by atoms with Gasteiger partial charge in [0, 0.05) is 5.41 Å². The molecule has 0 saturated carbocycles. The summed E-state index contributed by atoms with van der Waals surface area (Å²) < 4.78 is 0. The van der Waals surface area contributed by atoms with Crippen molar-refractivity contribution < 1.29 is 20.1 Å². The summed E-state index contributed by atoms with van der Waals surface area (Å²) in [5, 5.41) is 0. The number of hydrogen-bond acceptors (Lipinski definition) is 3. The fraction of sp³-hybridized carbons (Fsp3) is 0.0656. The summed E-state index contributed by atoms with van der Waals surface area (Å²) in [5.74, 6) is 0. The largest absolute Gasteiger partial charge is 3.00 e. The second kappa shape index (κ2) is 14.9. The number of aromatic nitrogens is 3. The van der Waals surface area contributed by atoms with E-state index in [1.54, 1.807) is 0 Å². The van der Waals surface area contributed by atoms with Crippen molar-refractivity contribution in [3.8, 4) is 0 Å². The molecule has 3 nitrogen and oxygen atoms in total. The van der Waals surface area contributed by atoms with E-state index in [1.165, 1.54) is 0 Å². The molecule has 0 radical (unpaired) electrons. The molecule has 7 aromatic carbocycles. The molecule has 7 heterocycles. The van der Waals surface area contributed by atoms with Crippen LogP contribution >= 0.6 is 0 Å². The third-order valence-corrected chi connectivity index (χ3v) is 14.2. The van der Waals surface area contributed by atoms with E-state index in [0.29, 0.717) is 0 Å². The molecular formula is C61H38IrN3. The average molecular weight is 1010 g/mol. The molecule has 0 N–H and O–H groups in total. The van der Waals surface area contributed by atoms with Crippen molar-refractivity contribution >= 4 is 0 Å². The number of hydrogen-bond donors (Lipinski definition) is 0. The van der Waals surface area contributed by atoms with E-state index in [9.17, 15) is 0 Å². The first-order chi connectivity index (χ1) is 31.7. The first kappa shape index (κ1) is 39.2. The third kappa shape index (κ3) is 5.18. The van der Waals surface area contributed by atoms with Crippen LogP contribution in [0.5, 0.6) is 0 Å². The van der Waals surface area contributed by atoms with Gasteiger partial charge in [0.2, 0.25) is 0 Å². The minimum Gasteiger partial charge on any atom is -0.255 e. The van der Waals surface area contributed by atoms with Crippen molar-refractivity contribution in [3.05, 3.63) is 339 Å². The van der Waals surface area contributed by atoms with Crippen LogP contribution in [-0.2, 0) is 41.8 Å². The molecule has 0 fully saturated rings. The van der Waals surface area contributed by atoms with Gasteiger partial charge >= 0.3 is 20.1 Å². The number of nitrogens with zero attached hydrogens (tertiary/aromatic N) is 3.